The number of anilines is 2. The van der Waals surface area contributed by atoms with Gasteiger partial charge in [-0.2, -0.15) is 0 Å². The van der Waals surface area contributed by atoms with Crippen LogP contribution in [0.4, 0.5) is 10.1 Å². The van der Waals surface area contributed by atoms with Crippen molar-refractivity contribution < 1.29 is 0 Å². The largest absolute Gasteiger partial charge is 0.378 e. The quantitative estimate of drug-likeness (QED) is 0.791. The van der Waals surface area contributed by atoms with E-state index in [2.05, 4.69) is 10.3 Å². The van der Waals surface area contributed by atoms with E-state index in [9.17, 15) is 0 Å². The summed E-state index contributed by atoms with van der Waals surface area (Å²) in [6, 6.07) is 10.0. The lowest BCUT2D eigenvalue weighted by molar-refractivity contribution is 1.40. The Hall–Kier alpha value is -1.55. The molecule has 0 atom stereocenters. The van der Waals surface area contributed by atoms with Crippen molar-refractivity contribution in [3.8, 4) is 11.3 Å². The summed E-state index contributed by atoms with van der Waals surface area (Å²) in [6.07, 6.45) is 0. The number of aromatic nitrogens is 1. The maximum atomic E-state index is 5.66. The normalized spacial score (nSPS) is 10.1. The molecular formula is C10H11N3S. The fraction of sp³-hybridized carbons (Fsp3) is 0.100. The van der Waals surface area contributed by atoms with E-state index in [1.807, 2.05) is 37.4 Å². The minimum atomic E-state index is 0.591. The highest BCUT2D eigenvalue weighted by Crippen LogP contribution is 2.33. The zero-order valence-electron chi connectivity index (χ0n) is 7.82. The van der Waals surface area contributed by atoms with Crippen molar-refractivity contribution in [2.24, 2.45) is 0 Å². The van der Waals surface area contributed by atoms with Crippen LogP contribution in [0.1, 0.15) is 0 Å². The standard InChI is InChI=1S/C10H11N3S/c1-12-9-8(13-10(11)14-9)7-5-3-2-4-6-7/h2-6,12H,1H3,(H2,11,13). The Morgan fingerprint density at radius 2 is 2.00 bits per heavy atom. The van der Waals surface area contributed by atoms with Crippen LogP contribution in [0.2, 0.25) is 0 Å². The van der Waals surface area contributed by atoms with Crippen LogP contribution in [-0.2, 0) is 0 Å². The second kappa shape index (κ2) is 3.67. The fourth-order valence-electron chi connectivity index (χ4n) is 1.30. The average Bonchev–Trinajstić information content (AvgIpc) is 2.61. The van der Waals surface area contributed by atoms with E-state index in [0.29, 0.717) is 5.13 Å². The number of nitrogens with two attached hydrogens (primary N) is 1. The summed E-state index contributed by atoms with van der Waals surface area (Å²) in [5.41, 5.74) is 7.67. The highest BCUT2D eigenvalue weighted by molar-refractivity contribution is 7.19. The Bertz CT molecular complexity index is 422. The first-order valence-corrected chi connectivity index (χ1v) is 5.12. The summed E-state index contributed by atoms with van der Waals surface area (Å²) < 4.78 is 0. The molecule has 3 N–H and O–H groups in total. The van der Waals surface area contributed by atoms with E-state index in [1.165, 1.54) is 11.3 Å². The number of benzene rings is 1. The summed E-state index contributed by atoms with van der Waals surface area (Å²) >= 11 is 1.46. The topological polar surface area (TPSA) is 50.9 Å². The van der Waals surface area contributed by atoms with Crippen LogP contribution in [0.3, 0.4) is 0 Å². The number of hydrogen-bond donors (Lipinski definition) is 2. The minimum absolute atomic E-state index is 0.591. The molecule has 1 aromatic heterocycles. The molecular weight excluding hydrogens is 194 g/mol. The average molecular weight is 205 g/mol. The second-order valence-electron chi connectivity index (χ2n) is 2.85. The first-order chi connectivity index (χ1) is 6.81. The molecule has 0 unspecified atom stereocenters. The van der Waals surface area contributed by atoms with Crippen molar-refractivity contribution in [3.63, 3.8) is 0 Å². The first-order valence-electron chi connectivity index (χ1n) is 4.30. The molecule has 0 spiro atoms. The lowest BCUT2D eigenvalue weighted by Crippen LogP contribution is -1.87. The monoisotopic (exact) mass is 205 g/mol. The third kappa shape index (κ3) is 1.56. The molecule has 72 valence electrons. The van der Waals surface area contributed by atoms with Crippen molar-refractivity contribution in [2.75, 3.05) is 18.1 Å². The van der Waals surface area contributed by atoms with Crippen molar-refractivity contribution in [1.82, 2.24) is 4.98 Å². The maximum Gasteiger partial charge on any atom is 0.182 e. The van der Waals surface area contributed by atoms with Gasteiger partial charge in [-0.3, -0.25) is 0 Å². The predicted molar refractivity (Wildman–Crippen MR) is 61.5 cm³/mol. The van der Waals surface area contributed by atoms with Gasteiger partial charge in [-0.1, -0.05) is 41.7 Å². The van der Waals surface area contributed by atoms with Crippen LogP contribution < -0.4 is 11.1 Å². The predicted octanol–water partition coefficient (Wildman–Crippen LogP) is 2.43. The van der Waals surface area contributed by atoms with Gasteiger partial charge in [0.15, 0.2) is 5.13 Å². The molecule has 1 aromatic carbocycles. The number of rotatable bonds is 2. The number of thiazole rings is 1. The third-order valence-electron chi connectivity index (χ3n) is 1.92. The summed E-state index contributed by atoms with van der Waals surface area (Å²) in [7, 11) is 1.87. The van der Waals surface area contributed by atoms with E-state index in [0.717, 1.165) is 16.3 Å². The van der Waals surface area contributed by atoms with Crippen LogP contribution in [0.25, 0.3) is 11.3 Å². The van der Waals surface area contributed by atoms with Crippen molar-refractivity contribution >= 4 is 21.5 Å². The van der Waals surface area contributed by atoms with Gasteiger partial charge in [0.2, 0.25) is 0 Å². The Morgan fingerprint density at radius 3 is 2.64 bits per heavy atom. The van der Waals surface area contributed by atoms with E-state index >= 15 is 0 Å². The number of nitrogens with one attached hydrogen (secondary N) is 1. The van der Waals surface area contributed by atoms with Gasteiger partial charge in [0, 0.05) is 12.6 Å². The molecule has 2 aromatic rings. The summed E-state index contributed by atoms with van der Waals surface area (Å²) in [5, 5.41) is 4.69. The molecule has 0 bridgehead atoms. The van der Waals surface area contributed by atoms with Crippen LogP contribution in [-0.4, -0.2) is 12.0 Å². The van der Waals surface area contributed by atoms with Crippen LogP contribution in [0.15, 0.2) is 30.3 Å². The molecule has 0 radical (unpaired) electrons. The van der Waals surface area contributed by atoms with Crippen molar-refractivity contribution in [2.45, 2.75) is 0 Å². The van der Waals surface area contributed by atoms with Gasteiger partial charge >= 0.3 is 0 Å². The first kappa shape index (κ1) is 9.02. The molecule has 0 saturated heterocycles. The summed E-state index contributed by atoms with van der Waals surface area (Å²) in [4.78, 5) is 4.29. The van der Waals surface area contributed by atoms with Crippen molar-refractivity contribution in [3.05, 3.63) is 30.3 Å². The summed E-state index contributed by atoms with van der Waals surface area (Å²) in [5.74, 6) is 0. The SMILES string of the molecule is CNc1sc(N)nc1-c1ccccc1. The molecule has 0 aliphatic rings. The highest BCUT2D eigenvalue weighted by Gasteiger charge is 2.09. The Kier molecular flexibility index (Phi) is 2.37. The molecule has 1 heterocycles. The molecule has 0 aliphatic heterocycles. The van der Waals surface area contributed by atoms with Crippen LogP contribution in [0, 0.1) is 0 Å². The van der Waals surface area contributed by atoms with E-state index in [1.54, 1.807) is 0 Å². The molecule has 0 fully saturated rings. The maximum absolute atomic E-state index is 5.66. The lowest BCUT2D eigenvalue weighted by Gasteiger charge is -1.99. The Morgan fingerprint density at radius 1 is 1.29 bits per heavy atom. The summed E-state index contributed by atoms with van der Waals surface area (Å²) in [6.45, 7) is 0. The molecule has 0 aliphatic carbocycles. The third-order valence-corrected chi connectivity index (χ3v) is 2.82. The zero-order chi connectivity index (χ0) is 9.97. The van der Waals surface area contributed by atoms with E-state index < -0.39 is 0 Å². The van der Waals surface area contributed by atoms with Gasteiger partial charge in [-0.25, -0.2) is 4.98 Å². The van der Waals surface area contributed by atoms with Crippen LogP contribution >= 0.6 is 11.3 Å². The number of hydrogen-bond acceptors (Lipinski definition) is 4. The van der Waals surface area contributed by atoms with Crippen molar-refractivity contribution in [1.29, 1.82) is 0 Å². The van der Waals surface area contributed by atoms with Gasteiger partial charge in [-0.05, 0) is 0 Å². The minimum Gasteiger partial charge on any atom is -0.378 e. The fourth-order valence-corrected chi connectivity index (χ4v) is 2.01. The number of nitrogens with zero attached hydrogens (tertiary/aromatic N) is 1. The highest BCUT2D eigenvalue weighted by atomic mass is 32.1. The Labute approximate surface area is 86.6 Å². The number of nitrogen functional groups attached to an aromatic ring is 1. The van der Waals surface area contributed by atoms with Gasteiger partial charge in [0.25, 0.3) is 0 Å². The molecule has 4 heteroatoms. The zero-order valence-corrected chi connectivity index (χ0v) is 8.64. The van der Waals surface area contributed by atoms with Crippen LogP contribution in [0.5, 0.6) is 0 Å². The van der Waals surface area contributed by atoms with Gasteiger partial charge < -0.3 is 11.1 Å². The molecule has 0 amide bonds. The second-order valence-corrected chi connectivity index (χ2v) is 3.88. The lowest BCUT2D eigenvalue weighted by atomic mass is 10.2. The van der Waals surface area contributed by atoms with E-state index in [4.69, 9.17) is 5.73 Å². The van der Waals surface area contributed by atoms with Gasteiger partial charge in [-0.15, -0.1) is 0 Å². The molecule has 0 saturated carbocycles. The molecule has 14 heavy (non-hydrogen) atoms. The molecule has 2 rings (SSSR count). The Balaban J connectivity index is 2.51. The molecule has 3 nitrogen and oxygen atoms in total. The van der Waals surface area contributed by atoms with Gasteiger partial charge in [0.1, 0.15) is 10.7 Å². The van der Waals surface area contributed by atoms with Gasteiger partial charge in [0.05, 0.1) is 0 Å². The smallest absolute Gasteiger partial charge is 0.182 e. The van der Waals surface area contributed by atoms with E-state index in [-0.39, 0.29) is 0 Å².